The van der Waals surface area contributed by atoms with E-state index in [9.17, 15) is 4.79 Å². The first-order chi connectivity index (χ1) is 7.52. The predicted octanol–water partition coefficient (Wildman–Crippen LogP) is 2.32. The van der Waals surface area contributed by atoms with Crippen molar-refractivity contribution in [3.8, 4) is 0 Å². The standard InChI is InChI=1S/C13H28N2O/c1-5-6-7-8-9-12(16)15-11-13(2,3)10-14-4/h14H,5-11H2,1-4H3,(H,15,16). The van der Waals surface area contributed by atoms with Crippen molar-refractivity contribution in [2.45, 2.75) is 52.9 Å². The van der Waals surface area contributed by atoms with Crippen molar-refractivity contribution in [3.05, 3.63) is 0 Å². The Kier molecular flexibility index (Phi) is 8.26. The van der Waals surface area contributed by atoms with Gasteiger partial charge in [0.2, 0.25) is 5.91 Å². The Labute approximate surface area is 100 Å². The number of nitrogens with one attached hydrogen (secondary N) is 2. The van der Waals surface area contributed by atoms with E-state index < -0.39 is 0 Å². The molecule has 0 aromatic rings. The maximum atomic E-state index is 11.5. The molecular weight excluding hydrogens is 200 g/mol. The van der Waals surface area contributed by atoms with Crippen LogP contribution in [0.15, 0.2) is 0 Å². The quantitative estimate of drug-likeness (QED) is 0.595. The van der Waals surface area contributed by atoms with E-state index in [2.05, 4.69) is 31.4 Å². The van der Waals surface area contributed by atoms with Gasteiger partial charge in [-0.1, -0.05) is 40.0 Å². The van der Waals surface area contributed by atoms with Gasteiger partial charge in [-0.2, -0.15) is 0 Å². The highest BCUT2D eigenvalue weighted by Gasteiger charge is 2.17. The summed E-state index contributed by atoms with van der Waals surface area (Å²) in [6, 6.07) is 0. The Bertz CT molecular complexity index is 190. The van der Waals surface area contributed by atoms with E-state index >= 15 is 0 Å². The third-order valence-electron chi connectivity index (χ3n) is 2.68. The minimum Gasteiger partial charge on any atom is -0.356 e. The zero-order chi connectivity index (χ0) is 12.4. The van der Waals surface area contributed by atoms with Gasteiger partial charge >= 0.3 is 0 Å². The van der Waals surface area contributed by atoms with Gasteiger partial charge in [-0.15, -0.1) is 0 Å². The minimum absolute atomic E-state index is 0.133. The molecule has 0 aliphatic carbocycles. The van der Waals surface area contributed by atoms with Crippen LogP contribution in [0.4, 0.5) is 0 Å². The number of unbranched alkanes of at least 4 members (excludes halogenated alkanes) is 3. The molecule has 0 bridgehead atoms. The van der Waals surface area contributed by atoms with Crippen molar-refractivity contribution < 1.29 is 4.79 Å². The molecule has 0 aromatic heterocycles. The molecule has 0 atom stereocenters. The van der Waals surface area contributed by atoms with Crippen molar-refractivity contribution in [1.29, 1.82) is 0 Å². The summed E-state index contributed by atoms with van der Waals surface area (Å²) in [6.45, 7) is 8.16. The Morgan fingerprint density at radius 1 is 1.12 bits per heavy atom. The lowest BCUT2D eigenvalue weighted by Gasteiger charge is -2.24. The highest BCUT2D eigenvalue weighted by Crippen LogP contribution is 2.11. The largest absolute Gasteiger partial charge is 0.356 e. The summed E-state index contributed by atoms with van der Waals surface area (Å²) in [6.07, 6.45) is 5.32. The first kappa shape index (κ1) is 15.4. The molecule has 0 saturated heterocycles. The van der Waals surface area contributed by atoms with Crippen molar-refractivity contribution in [2.24, 2.45) is 5.41 Å². The summed E-state index contributed by atoms with van der Waals surface area (Å²) in [5.41, 5.74) is 0.133. The number of rotatable bonds is 9. The first-order valence-corrected chi connectivity index (χ1v) is 6.43. The summed E-state index contributed by atoms with van der Waals surface area (Å²) < 4.78 is 0. The SMILES string of the molecule is CCCCCCC(=O)NCC(C)(C)CNC. The number of carbonyl (C=O) groups is 1. The van der Waals surface area contributed by atoms with Crippen LogP contribution in [0, 0.1) is 5.41 Å². The molecule has 0 aliphatic rings. The molecule has 0 radical (unpaired) electrons. The molecule has 3 heteroatoms. The van der Waals surface area contributed by atoms with Crippen LogP contribution in [0.2, 0.25) is 0 Å². The lowest BCUT2D eigenvalue weighted by Crippen LogP contribution is -2.39. The molecule has 0 aliphatic heterocycles. The van der Waals surface area contributed by atoms with Gasteiger partial charge in [0.15, 0.2) is 0 Å². The van der Waals surface area contributed by atoms with Gasteiger partial charge in [0, 0.05) is 19.5 Å². The zero-order valence-corrected chi connectivity index (χ0v) is 11.4. The van der Waals surface area contributed by atoms with E-state index in [1.165, 1.54) is 19.3 Å². The van der Waals surface area contributed by atoms with Crippen molar-refractivity contribution >= 4 is 5.91 Å². The summed E-state index contributed by atoms with van der Waals surface area (Å²) in [5, 5.41) is 6.15. The number of hydrogen-bond acceptors (Lipinski definition) is 2. The summed E-state index contributed by atoms with van der Waals surface area (Å²) in [4.78, 5) is 11.5. The highest BCUT2D eigenvalue weighted by molar-refractivity contribution is 5.75. The fourth-order valence-electron chi connectivity index (χ4n) is 1.68. The smallest absolute Gasteiger partial charge is 0.220 e. The lowest BCUT2D eigenvalue weighted by atomic mass is 9.93. The van der Waals surface area contributed by atoms with Crippen LogP contribution in [0.3, 0.4) is 0 Å². The van der Waals surface area contributed by atoms with Crippen LogP contribution >= 0.6 is 0 Å². The van der Waals surface area contributed by atoms with Gasteiger partial charge in [-0.25, -0.2) is 0 Å². The molecule has 0 aromatic carbocycles. The molecule has 16 heavy (non-hydrogen) atoms. The molecule has 3 nitrogen and oxygen atoms in total. The van der Waals surface area contributed by atoms with Gasteiger partial charge in [-0.3, -0.25) is 4.79 Å². The summed E-state index contributed by atoms with van der Waals surface area (Å²) in [5.74, 6) is 0.195. The molecule has 0 heterocycles. The van der Waals surface area contributed by atoms with Crippen LogP contribution in [-0.2, 0) is 4.79 Å². The number of amides is 1. The predicted molar refractivity (Wildman–Crippen MR) is 69.5 cm³/mol. The van der Waals surface area contributed by atoms with Crippen LogP contribution in [0.1, 0.15) is 52.9 Å². The Balaban J connectivity index is 3.56. The van der Waals surface area contributed by atoms with Gasteiger partial charge in [0.25, 0.3) is 0 Å². The van der Waals surface area contributed by atoms with E-state index in [0.29, 0.717) is 6.42 Å². The maximum absolute atomic E-state index is 11.5. The Hall–Kier alpha value is -0.570. The topological polar surface area (TPSA) is 41.1 Å². The second-order valence-corrected chi connectivity index (χ2v) is 5.28. The molecule has 2 N–H and O–H groups in total. The van der Waals surface area contributed by atoms with E-state index in [1.807, 2.05) is 7.05 Å². The van der Waals surface area contributed by atoms with Crippen LogP contribution in [0.25, 0.3) is 0 Å². The van der Waals surface area contributed by atoms with Crippen LogP contribution < -0.4 is 10.6 Å². The molecular formula is C13H28N2O. The molecule has 0 rings (SSSR count). The molecule has 0 saturated carbocycles. The molecule has 1 amide bonds. The lowest BCUT2D eigenvalue weighted by molar-refractivity contribution is -0.121. The second kappa shape index (κ2) is 8.57. The Morgan fingerprint density at radius 2 is 1.81 bits per heavy atom. The molecule has 0 unspecified atom stereocenters. The van der Waals surface area contributed by atoms with Crippen LogP contribution in [0.5, 0.6) is 0 Å². The Morgan fingerprint density at radius 3 is 2.38 bits per heavy atom. The summed E-state index contributed by atoms with van der Waals surface area (Å²) >= 11 is 0. The van der Waals surface area contributed by atoms with E-state index in [-0.39, 0.29) is 11.3 Å². The number of carbonyl (C=O) groups excluding carboxylic acids is 1. The van der Waals surface area contributed by atoms with Crippen LogP contribution in [-0.4, -0.2) is 26.0 Å². The average Bonchev–Trinajstić information content (AvgIpc) is 2.22. The monoisotopic (exact) mass is 228 g/mol. The first-order valence-electron chi connectivity index (χ1n) is 6.43. The van der Waals surface area contributed by atoms with Crippen molar-refractivity contribution in [3.63, 3.8) is 0 Å². The normalized spacial score (nSPS) is 11.5. The fraction of sp³-hybridized carbons (Fsp3) is 0.923. The second-order valence-electron chi connectivity index (χ2n) is 5.28. The van der Waals surface area contributed by atoms with E-state index in [0.717, 1.165) is 19.5 Å². The summed E-state index contributed by atoms with van der Waals surface area (Å²) in [7, 11) is 1.94. The average molecular weight is 228 g/mol. The highest BCUT2D eigenvalue weighted by atomic mass is 16.1. The van der Waals surface area contributed by atoms with Crippen molar-refractivity contribution in [2.75, 3.05) is 20.1 Å². The van der Waals surface area contributed by atoms with E-state index in [4.69, 9.17) is 0 Å². The van der Waals surface area contributed by atoms with Gasteiger partial charge in [-0.05, 0) is 18.9 Å². The van der Waals surface area contributed by atoms with Gasteiger partial charge < -0.3 is 10.6 Å². The molecule has 0 fully saturated rings. The molecule has 96 valence electrons. The fourth-order valence-corrected chi connectivity index (χ4v) is 1.68. The minimum atomic E-state index is 0.133. The molecule has 0 spiro atoms. The van der Waals surface area contributed by atoms with Crippen molar-refractivity contribution in [1.82, 2.24) is 10.6 Å². The third-order valence-corrected chi connectivity index (χ3v) is 2.68. The maximum Gasteiger partial charge on any atom is 0.220 e. The van der Waals surface area contributed by atoms with E-state index in [1.54, 1.807) is 0 Å². The third kappa shape index (κ3) is 8.72. The van der Waals surface area contributed by atoms with Gasteiger partial charge in [0.05, 0.1) is 0 Å². The van der Waals surface area contributed by atoms with Gasteiger partial charge in [0.1, 0.15) is 0 Å². The zero-order valence-electron chi connectivity index (χ0n) is 11.4. The number of hydrogen-bond donors (Lipinski definition) is 2.